The van der Waals surface area contributed by atoms with Crippen LogP contribution < -0.4 is 5.32 Å². The number of nitrogens with zero attached hydrogens (tertiary/aromatic N) is 2. The molecule has 5 heteroatoms. The van der Waals surface area contributed by atoms with Crippen LogP contribution in [0.15, 0.2) is 53.1 Å². The minimum atomic E-state index is 0.171. The summed E-state index contributed by atoms with van der Waals surface area (Å²) >= 11 is 0. The normalized spacial score (nSPS) is 10.4. The van der Waals surface area contributed by atoms with Crippen molar-refractivity contribution < 1.29 is 9.63 Å². The molecule has 0 aliphatic heterocycles. The van der Waals surface area contributed by atoms with Crippen LogP contribution in [0.5, 0.6) is 5.75 Å². The number of aromatic nitrogens is 2. The van der Waals surface area contributed by atoms with Crippen LogP contribution >= 0.6 is 0 Å². The maximum absolute atomic E-state index is 9.48. The average Bonchev–Trinajstić information content (AvgIpc) is 2.97. The lowest BCUT2D eigenvalue weighted by molar-refractivity contribution is 0.432. The van der Waals surface area contributed by atoms with Gasteiger partial charge < -0.3 is 14.9 Å². The predicted octanol–water partition coefficient (Wildman–Crippen LogP) is 3.15. The first-order chi connectivity index (χ1) is 9.78. The molecule has 0 saturated heterocycles. The molecule has 1 aromatic heterocycles. The molecule has 0 saturated carbocycles. The van der Waals surface area contributed by atoms with Gasteiger partial charge in [0.1, 0.15) is 5.75 Å². The van der Waals surface area contributed by atoms with Crippen molar-refractivity contribution in [2.24, 2.45) is 0 Å². The Morgan fingerprint density at radius 3 is 2.75 bits per heavy atom. The molecule has 0 aliphatic carbocycles. The van der Waals surface area contributed by atoms with Gasteiger partial charge in [0.25, 0.3) is 5.89 Å². The largest absolute Gasteiger partial charge is 0.508 e. The van der Waals surface area contributed by atoms with Gasteiger partial charge in [0.15, 0.2) is 0 Å². The zero-order valence-electron chi connectivity index (χ0n) is 10.9. The van der Waals surface area contributed by atoms with Crippen molar-refractivity contribution in [3.8, 4) is 28.6 Å². The van der Waals surface area contributed by atoms with Crippen LogP contribution in [0.4, 0.5) is 5.69 Å². The number of anilines is 1. The molecular formula is C15H13N3O2. The summed E-state index contributed by atoms with van der Waals surface area (Å²) in [5.74, 6) is 1.06. The first-order valence-electron chi connectivity index (χ1n) is 6.18. The highest BCUT2D eigenvalue weighted by molar-refractivity contribution is 5.73. The van der Waals surface area contributed by atoms with Gasteiger partial charge in [-0.3, -0.25) is 0 Å². The second kappa shape index (κ2) is 5.05. The van der Waals surface area contributed by atoms with Crippen LogP contribution in [-0.2, 0) is 0 Å². The summed E-state index contributed by atoms with van der Waals surface area (Å²) in [6.07, 6.45) is 0. The highest BCUT2D eigenvalue weighted by atomic mass is 16.5. The Morgan fingerprint density at radius 2 is 1.95 bits per heavy atom. The van der Waals surface area contributed by atoms with Gasteiger partial charge >= 0.3 is 0 Å². The standard InChI is InChI=1S/C15H13N3O2/c1-16-13-8-3-2-7-12(13)15-17-14(18-20-15)10-5-4-6-11(19)9-10/h2-9,16,19H,1H3. The molecule has 3 aromatic rings. The van der Waals surface area contributed by atoms with Crippen molar-refractivity contribution >= 4 is 5.69 Å². The molecule has 0 unspecified atom stereocenters. The molecule has 100 valence electrons. The van der Waals surface area contributed by atoms with E-state index < -0.39 is 0 Å². The second-order valence-electron chi connectivity index (χ2n) is 4.27. The van der Waals surface area contributed by atoms with E-state index in [0.717, 1.165) is 11.3 Å². The van der Waals surface area contributed by atoms with E-state index in [2.05, 4.69) is 15.5 Å². The molecule has 0 radical (unpaired) electrons. The van der Waals surface area contributed by atoms with Crippen LogP contribution in [0.3, 0.4) is 0 Å². The minimum absolute atomic E-state index is 0.171. The van der Waals surface area contributed by atoms with Crippen LogP contribution in [0.25, 0.3) is 22.8 Å². The third-order valence-electron chi connectivity index (χ3n) is 2.96. The number of nitrogens with one attached hydrogen (secondary N) is 1. The third kappa shape index (κ3) is 2.21. The summed E-state index contributed by atoms with van der Waals surface area (Å²) in [6, 6.07) is 14.4. The number of hydrogen-bond donors (Lipinski definition) is 2. The Labute approximate surface area is 115 Å². The van der Waals surface area contributed by atoms with Crippen LogP contribution in [0.1, 0.15) is 0 Å². The molecule has 0 spiro atoms. The predicted molar refractivity (Wildman–Crippen MR) is 76.4 cm³/mol. The average molecular weight is 267 g/mol. The zero-order valence-corrected chi connectivity index (χ0v) is 10.9. The van der Waals surface area contributed by atoms with Gasteiger partial charge in [-0.1, -0.05) is 29.4 Å². The third-order valence-corrected chi connectivity index (χ3v) is 2.96. The first kappa shape index (κ1) is 12.2. The number of hydrogen-bond acceptors (Lipinski definition) is 5. The van der Waals surface area contributed by atoms with Gasteiger partial charge in [-0.15, -0.1) is 0 Å². The molecule has 1 heterocycles. The van der Waals surface area contributed by atoms with Crippen LogP contribution in [0, 0.1) is 0 Å². The monoisotopic (exact) mass is 267 g/mol. The topological polar surface area (TPSA) is 71.2 Å². The van der Waals surface area contributed by atoms with Crippen molar-refractivity contribution in [1.82, 2.24) is 10.1 Å². The van der Waals surface area contributed by atoms with Gasteiger partial charge in [0.2, 0.25) is 5.82 Å². The Balaban J connectivity index is 2.02. The smallest absolute Gasteiger partial charge is 0.260 e. The molecule has 3 rings (SSSR count). The SMILES string of the molecule is CNc1ccccc1-c1nc(-c2cccc(O)c2)no1. The molecule has 2 aromatic carbocycles. The van der Waals surface area contributed by atoms with Gasteiger partial charge in [-0.25, -0.2) is 0 Å². The number of phenolic OH excluding ortho intramolecular Hbond substituents is 1. The Bertz CT molecular complexity index is 737. The van der Waals surface area contributed by atoms with Gasteiger partial charge in [0.05, 0.1) is 5.56 Å². The van der Waals surface area contributed by atoms with Gasteiger partial charge in [0, 0.05) is 18.3 Å². The Morgan fingerprint density at radius 1 is 1.10 bits per heavy atom. The lowest BCUT2D eigenvalue weighted by Gasteiger charge is -2.03. The molecule has 0 aliphatic rings. The molecule has 0 amide bonds. The quantitative estimate of drug-likeness (QED) is 0.762. The van der Waals surface area contributed by atoms with E-state index in [0.29, 0.717) is 17.3 Å². The summed E-state index contributed by atoms with van der Waals surface area (Å²) in [4.78, 5) is 4.37. The van der Waals surface area contributed by atoms with E-state index in [1.165, 1.54) is 0 Å². The van der Waals surface area contributed by atoms with Crippen LogP contribution in [-0.4, -0.2) is 22.3 Å². The van der Waals surface area contributed by atoms with Crippen molar-refractivity contribution in [1.29, 1.82) is 0 Å². The zero-order chi connectivity index (χ0) is 13.9. The molecule has 0 bridgehead atoms. The summed E-state index contributed by atoms with van der Waals surface area (Å²) in [5, 5.41) is 16.5. The van der Waals surface area contributed by atoms with E-state index in [1.807, 2.05) is 37.4 Å². The Kier molecular flexibility index (Phi) is 3.09. The van der Waals surface area contributed by atoms with Crippen molar-refractivity contribution in [3.63, 3.8) is 0 Å². The fraction of sp³-hybridized carbons (Fsp3) is 0.0667. The molecular weight excluding hydrogens is 254 g/mol. The lowest BCUT2D eigenvalue weighted by Crippen LogP contribution is -1.91. The summed E-state index contributed by atoms with van der Waals surface area (Å²) in [6.45, 7) is 0. The maximum Gasteiger partial charge on any atom is 0.260 e. The summed E-state index contributed by atoms with van der Waals surface area (Å²) in [7, 11) is 1.84. The number of aromatic hydroxyl groups is 1. The number of rotatable bonds is 3. The van der Waals surface area contributed by atoms with E-state index in [-0.39, 0.29) is 5.75 Å². The van der Waals surface area contributed by atoms with Crippen molar-refractivity contribution in [2.75, 3.05) is 12.4 Å². The fourth-order valence-electron chi connectivity index (χ4n) is 1.98. The number of phenols is 1. The molecule has 0 fully saturated rings. The summed E-state index contributed by atoms with van der Waals surface area (Å²) < 4.78 is 5.30. The highest BCUT2D eigenvalue weighted by Gasteiger charge is 2.13. The highest BCUT2D eigenvalue weighted by Crippen LogP contribution is 2.28. The van der Waals surface area contributed by atoms with Crippen molar-refractivity contribution in [2.45, 2.75) is 0 Å². The second-order valence-corrected chi connectivity index (χ2v) is 4.27. The number of para-hydroxylation sites is 1. The molecule has 2 N–H and O–H groups in total. The van der Waals surface area contributed by atoms with E-state index in [1.54, 1.807) is 18.2 Å². The summed E-state index contributed by atoms with van der Waals surface area (Å²) in [5.41, 5.74) is 2.47. The lowest BCUT2D eigenvalue weighted by atomic mass is 10.1. The maximum atomic E-state index is 9.48. The van der Waals surface area contributed by atoms with Gasteiger partial charge in [-0.2, -0.15) is 4.98 Å². The van der Waals surface area contributed by atoms with E-state index >= 15 is 0 Å². The molecule has 0 atom stereocenters. The molecule has 5 nitrogen and oxygen atoms in total. The van der Waals surface area contributed by atoms with E-state index in [9.17, 15) is 5.11 Å². The molecule has 20 heavy (non-hydrogen) atoms. The van der Waals surface area contributed by atoms with E-state index in [4.69, 9.17) is 4.52 Å². The fourth-order valence-corrected chi connectivity index (χ4v) is 1.98. The van der Waals surface area contributed by atoms with Gasteiger partial charge in [-0.05, 0) is 24.3 Å². The van der Waals surface area contributed by atoms with Crippen LogP contribution in [0.2, 0.25) is 0 Å². The van der Waals surface area contributed by atoms with Crippen molar-refractivity contribution in [3.05, 3.63) is 48.5 Å². The first-order valence-corrected chi connectivity index (χ1v) is 6.18. The Hall–Kier alpha value is -2.82. The minimum Gasteiger partial charge on any atom is -0.508 e. The number of benzene rings is 2.